The fourth-order valence-corrected chi connectivity index (χ4v) is 2.22. The van der Waals surface area contributed by atoms with Crippen LogP contribution in [0.5, 0.6) is 0 Å². The van der Waals surface area contributed by atoms with Crippen LogP contribution in [0.25, 0.3) is 0 Å². The van der Waals surface area contributed by atoms with Crippen molar-refractivity contribution in [1.82, 2.24) is 5.32 Å². The summed E-state index contributed by atoms with van der Waals surface area (Å²) in [6.45, 7) is 2.18. The highest BCUT2D eigenvalue weighted by Gasteiger charge is 2.29. The minimum absolute atomic E-state index is 0.375. The first-order chi connectivity index (χ1) is 7.69. The maximum absolute atomic E-state index is 5.86. The number of rotatable bonds is 4. The number of nitrogens with one attached hydrogen (secondary N) is 1. The van der Waals surface area contributed by atoms with Gasteiger partial charge in [-0.05, 0) is 37.5 Å². The predicted molar refractivity (Wildman–Crippen MR) is 66.8 cm³/mol. The van der Waals surface area contributed by atoms with Crippen molar-refractivity contribution in [1.29, 1.82) is 0 Å². The Balaban J connectivity index is 1.84. The van der Waals surface area contributed by atoms with E-state index in [1.165, 1.54) is 5.56 Å². The third-order valence-corrected chi connectivity index (χ3v) is 3.54. The molecule has 0 radical (unpaired) electrons. The molecule has 1 saturated carbocycles. The molecule has 1 aromatic carbocycles. The van der Waals surface area contributed by atoms with E-state index in [2.05, 4.69) is 24.4 Å². The van der Waals surface area contributed by atoms with Crippen LogP contribution in [0.15, 0.2) is 24.3 Å². The molecule has 88 valence electrons. The van der Waals surface area contributed by atoms with Gasteiger partial charge in [-0.15, -0.1) is 0 Å². The molecule has 1 atom stereocenters. The molecule has 1 fully saturated rings. The fraction of sp³-hybridized carbons (Fsp3) is 0.538. The molecule has 0 aromatic heterocycles. The van der Waals surface area contributed by atoms with E-state index >= 15 is 0 Å². The topological polar surface area (TPSA) is 21.3 Å². The average molecular weight is 240 g/mol. The number of hydrogen-bond acceptors (Lipinski definition) is 2. The van der Waals surface area contributed by atoms with Crippen LogP contribution in [0.4, 0.5) is 0 Å². The number of benzene rings is 1. The second-order valence-corrected chi connectivity index (χ2v) is 4.90. The van der Waals surface area contributed by atoms with Crippen LogP contribution in [0.3, 0.4) is 0 Å². The molecule has 0 aliphatic heterocycles. The van der Waals surface area contributed by atoms with Gasteiger partial charge in [-0.2, -0.15) is 0 Å². The molecule has 0 amide bonds. The summed E-state index contributed by atoms with van der Waals surface area (Å²) >= 11 is 5.86. The minimum atomic E-state index is 0.375. The van der Waals surface area contributed by atoms with Gasteiger partial charge in [-0.25, -0.2) is 0 Å². The van der Waals surface area contributed by atoms with Gasteiger partial charge in [-0.3, -0.25) is 0 Å². The maximum atomic E-state index is 5.86. The van der Waals surface area contributed by atoms with E-state index in [4.69, 9.17) is 16.3 Å². The van der Waals surface area contributed by atoms with Crippen LogP contribution in [0.2, 0.25) is 5.02 Å². The molecule has 0 heterocycles. The molecule has 1 aliphatic rings. The summed E-state index contributed by atoms with van der Waals surface area (Å²) in [6, 6.07) is 9.00. The Bertz CT molecular complexity index is 332. The predicted octanol–water partition coefficient (Wildman–Crippen LogP) is 3.17. The summed E-state index contributed by atoms with van der Waals surface area (Å²) in [4.78, 5) is 0. The number of hydrogen-bond donors (Lipinski definition) is 1. The lowest BCUT2D eigenvalue weighted by Crippen LogP contribution is -2.45. The van der Waals surface area contributed by atoms with Crippen molar-refractivity contribution in [3.63, 3.8) is 0 Å². The molecule has 1 aliphatic carbocycles. The van der Waals surface area contributed by atoms with Crippen LogP contribution in [-0.2, 0) is 4.74 Å². The van der Waals surface area contributed by atoms with Crippen LogP contribution < -0.4 is 5.32 Å². The lowest BCUT2D eigenvalue weighted by atomic mass is 9.88. The van der Waals surface area contributed by atoms with E-state index < -0.39 is 0 Å². The van der Waals surface area contributed by atoms with Gasteiger partial charge >= 0.3 is 0 Å². The van der Waals surface area contributed by atoms with Crippen molar-refractivity contribution in [3.05, 3.63) is 34.9 Å². The molecule has 2 rings (SSSR count). The summed E-state index contributed by atoms with van der Waals surface area (Å²) < 4.78 is 5.26. The van der Waals surface area contributed by atoms with E-state index in [9.17, 15) is 0 Å². The molecule has 1 N–H and O–H groups in total. The summed E-state index contributed by atoms with van der Waals surface area (Å²) in [7, 11) is 1.78. The van der Waals surface area contributed by atoms with Gasteiger partial charge < -0.3 is 10.1 Å². The van der Waals surface area contributed by atoms with Gasteiger partial charge in [-0.1, -0.05) is 23.7 Å². The molecule has 16 heavy (non-hydrogen) atoms. The molecule has 2 nitrogen and oxygen atoms in total. The highest BCUT2D eigenvalue weighted by molar-refractivity contribution is 6.30. The zero-order chi connectivity index (χ0) is 11.5. The number of ether oxygens (including phenoxy) is 1. The van der Waals surface area contributed by atoms with Crippen molar-refractivity contribution in [2.24, 2.45) is 0 Å². The van der Waals surface area contributed by atoms with Crippen LogP contribution in [0, 0.1) is 0 Å². The first kappa shape index (κ1) is 11.9. The van der Waals surface area contributed by atoms with Gasteiger partial charge in [0.2, 0.25) is 0 Å². The van der Waals surface area contributed by atoms with Crippen LogP contribution >= 0.6 is 11.6 Å². The largest absolute Gasteiger partial charge is 0.381 e. The zero-order valence-electron chi connectivity index (χ0n) is 9.74. The third-order valence-electron chi connectivity index (χ3n) is 3.28. The molecular formula is C13H18ClNO. The smallest absolute Gasteiger partial charge is 0.0601 e. The number of methoxy groups -OCH3 is 1. The van der Waals surface area contributed by atoms with E-state index in [0.29, 0.717) is 18.2 Å². The van der Waals surface area contributed by atoms with Crippen molar-refractivity contribution < 1.29 is 4.74 Å². The molecule has 1 unspecified atom stereocenters. The Morgan fingerprint density at radius 2 is 1.94 bits per heavy atom. The Hall–Kier alpha value is -0.570. The Kier molecular flexibility index (Phi) is 3.85. The molecular weight excluding hydrogens is 222 g/mol. The summed E-state index contributed by atoms with van der Waals surface area (Å²) in [5, 5.41) is 4.38. The van der Waals surface area contributed by atoms with Crippen molar-refractivity contribution in [3.8, 4) is 0 Å². The zero-order valence-corrected chi connectivity index (χ0v) is 10.5. The summed E-state index contributed by atoms with van der Waals surface area (Å²) in [5.41, 5.74) is 1.28. The first-order valence-corrected chi connectivity index (χ1v) is 6.11. The highest BCUT2D eigenvalue weighted by atomic mass is 35.5. The molecule has 0 bridgehead atoms. The van der Waals surface area contributed by atoms with Crippen molar-refractivity contribution in [2.75, 3.05) is 7.11 Å². The lowest BCUT2D eigenvalue weighted by Gasteiger charge is -2.36. The van der Waals surface area contributed by atoms with E-state index in [1.807, 2.05) is 12.1 Å². The normalized spacial score (nSPS) is 26.2. The quantitative estimate of drug-likeness (QED) is 0.872. The molecule has 0 spiro atoms. The van der Waals surface area contributed by atoms with E-state index in [-0.39, 0.29) is 0 Å². The van der Waals surface area contributed by atoms with Gasteiger partial charge in [0.25, 0.3) is 0 Å². The second kappa shape index (κ2) is 5.17. The minimum Gasteiger partial charge on any atom is -0.381 e. The van der Waals surface area contributed by atoms with E-state index in [0.717, 1.165) is 17.9 Å². The standard InChI is InChI=1S/C13H18ClNO/c1-9(10-3-5-11(14)6-4-10)15-12-7-13(8-12)16-2/h3-6,9,12-13,15H,7-8H2,1-2H3. The Morgan fingerprint density at radius 1 is 1.31 bits per heavy atom. The van der Waals surface area contributed by atoms with Gasteiger partial charge in [0.15, 0.2) is 0 Å². The van der Waals surface area contributed by atoms with Crippen LogP contribution in [0.1, 0.15) is 31.4 Å². The van der Waals surface area contributed by atoms with E-state index in [1.54, 1.807) is 7.11 Å². The van der Waals surface area contributed by atoms with Crippen molar-refractivity contribution in [2.45, 2.75) is 38.0 Å². The monoisotopic (exact) mass is 239 g/mol. The fourth-order valence-electron chi connectivity index (χ4n) is 2.10. The van der Waals surface area contributed by atoms with Gasteiger partial charge in [0, 0.05) is 24.2 Å². The first-order valence-electron chi connectivity index (χ1n) is 5.73. The lowest BCUT2D eigenvalue weighted by molar-refractivity contribution is 0.0147. The van der Waals surface area contributed by atoms with Crippen molar-refractivity contribution >= 4 is 11.6 Å². The van der Waals surface area contributed by atoms with Crippen LogP contribution in [-0.4, -0.2) is 19.3 Å². The Labute approximate surface area is 102 Å². The second-order valence-electron chi connectivity index (χ2n) is 4.47. The molecule has 1 aromatic rings. The summed E-state index contributed by atoms with van der Waals surface area (Å²) in [6.07, 6.45) is 2.69. The SMILES string of the molecule is COC1CC(NC(C)c2ccc(Cl)cc2)C1. The van der Waals surface area contributed by atoms with Gasteiger partial charge in [0.05, 0.1) is 6.10 Å². The average Bonchev–Trinajstić information content (AvgIpc) is 2.23. The highest BCUT2D eigenvalue weighted by Crippen LogP contribution is 2.26. The Morgan fingerprint density at radius 3 is 2.50 bits per heavy atom. The summed E-state index contributed by atoms with van der Waals surface area (Å²) in [5.74, 6) is 0. The van der Waals surface area contributed by atoms with Gasteiger partial charge in [0.1, 0.15) is 0 Å². The molecule has 3 heteroatoms. The third kappa shape index (κ3) is 2.76. The maximum Gasteiger partial charge on any atom is 0.0601 e. The molecule has 0 saturated heterocycles. The number of halogens is 1.